The molecular weight excluding hydrogens is 1110 g/mol. The molecule has 67 heavy (non-hydrogen) atoms. The first-order valence-electron chi connectivity index (χ1n) is 17.4. The van der Waals surface area contributed by atoms with Crippen molar-refractivity contribution < 1.29 is 122 Å². The number of phosphoric ester groups is 2. The zero-order chi connectivity index (χ0) is 51.1. The van der Waals surface area contributed by atoms with Crippen LogP contribution in [0.1, 0.15) is 43.1 Å². The van der Waals surface area contributed by atoms with Crippen molar-refractivity contribution >= 4 is 86.6 Å². The fraction of sp³-hybridized carbons (Fsp3) is 0.625. The van der Waals surface area contributed by atoms with E-state index in [-0.39, 0.29) is 24.0 Å². The van der Waals surface area contributed by atoms with Gasteiger partial charge in [0.2, 0.25) is 0 Å². The van der Waals surface area contributed by atoms with Gasteiger partial charge >= 0.3 is 64.4 Å². The Bertz CT molecular complexity index is 2620. The first-order valence-corrected chi connectivity index (χ1v) is 30.4. The number of rotatable bonds is 21. The molecule has 2 aromatic heterocycles. The Morgan fingerprint density at radius 1 is 0.701 bits per heavy atom. The third-order valence-electron chi connectivity index (χ3n) is 7.80. The van der Waals surface area contributed by atoms with E-state index in [1.165, 1.54) is 27.8 Å². The molecule has 11 atom stereocenters. The maximum atomic E-state index is 12.4. The molecule has 0 radical (unpaired) electrons. The topological polar surface area (TPSA) is 515 Å². The van der Waals surface area contributed by atoms with Crippen LogP contribution in [0.15, 0.2) is 31.6 Å². The van der Waals surface area contributed by atoms with Crippen LogP contribution in [0.25, 0.3) is 0 Å². The van der Waals surface area contributed by atoms with E-state index in [1.54, 1.807) is 13.2 Å². The van der Waals surface area contributed by atoms with E-state index < -0.39 is 131 Å². The Morgan fingerprint density at radius 2 is 1.12 bits per heavy atom. The molecule has 0 saturated carbocycles. The van der Waals surface area contributed by atoms with Crippen molar-refractivity contribution in [1.82, 2.24) is 18.5 Å². The molecule has 384 valence electrons. The summed E-state index contributed by atoms with van der Waals surface area (Å²) in [7, 11) is -30.5. The normalized spacial score (nSPS) is 25.1. The summed E-state index contributed by atoms with van der Waals surface area (Å²) < 4.78 is 108. The molecule has 43 heteroatoms. The van der Waals surface area contributed by atoms with E-state index in [0.29, 0.717) is 10.3 Å². The Labute approximate surface area is 385 Å². The number of aromatic amines is 2. The molecule has 0 amide bonds. The van der Waals surface area contributed by atoms with Gasteiger partial charge in [0.25, 0.3) is 11.1 Å². The quantitative estimate of drug-likeness (QED) is 0.0561. The van der Waals surface area contributed by atoms with Crippen LogP contribution in [0.3, 0.4) is 0 Å². The summed E-state index contributed by atoms with van der Waals surface area (Å²) in [6.45, 7) is -0.246. The Hall–Kier alpha value is -1.46. The van der Waals surface area contributed by atoms with E-state index in [0.717, 1.165) is 22.1 Å². The number of aromatic nitrogens is 4. The first-order chi connectivity index (χ1) is 30.6. The molecule has 4 heterocycles. The molecular formula is C24H40N4O30P6S3. The molecule has 4 rings (SSSR count). The number of aliphatic hydroxyl groups is 2. The van der Waals surface area contributed by atoms with Crippen molar-refractivity contribution in [2.45, 2.75) is 62.5 Å². The number of nitrogens with zero attached hydrogens (tertiary/aromatic N) is 2. The summed E-state index contributed by atoms with van der Waals surface area (Å²) in [6.07, 6.45) is -4.38. The Kier molecular flexibility index (Phi) is 21.7. The molecule has 0 aliphatic carbocycles. The van der Waals surface area contributed by atoms with Gasteiger partial charge in [0, 0.05) is 37.2 Å². The summed E-state index contributed by atoms with van der Waals surface area (Å²) in [4.78, 5) is 136. The van der Waals surface area contributed by atoms with Gasteiger partial charge in [-0.1, -0.05) is 21.6 Å². The zero-order valence-electron chi connectivity index (χ0n) is 33.7. The van der Waals surface area contributed by atoms with Crippen molar-refractivity contribution in [3.05, 3.63) is 65.2 Å². The summed E-state index contributed by atoms with van der Waals surface area (Å²) >= 11 is 0.989. The number of aliphatic hydroxyl groups excluding tert-OH is 2. The minimum Gasteiger partial charge on any atom is -0.445 e. The molecule has 2 saturated heterocycles. The highest BCUT2D eigenvalue weighted by atomic mass is 33.1. The fourth-order valence-corrected chi connectivity index (χ4v) is 13.1. The maximum Gasteiger partial charge on any atom is 0.490 e. The monoisotopic (exact) mass is 1150 g/mol. The standard InChI is InChI=1S/C14H23N2O16P3S2.C10H17N2O14P3S/c1-7(6-37-36-2)29-14(20)16-4-8(12(18)15-13(16)19)10-3-9(17)11(30-10)5-28-34(24,25)32-35(26,27)31-33(21,22)23;1-30-12-3-5(9(14)11-10(12)15)7-2-6(13)8(24-7)4-23-28(19,20)26-29(21,22)25-27(16,17)18/h4,7,9-11,17H,3,5-6H2,1-2H3,(H,24,25)(H,26,27)(H,15,18,19)(H2,21,22,23);3,6-8,13H,2,4H2,1H3,(H,19,20)(H,21,22)(H,11,14,15)(H2,16,17,18)/t7?,9-,10-,11-;6-,7-,8-/m11/s1. The number of H-pyrrole nitrogens is 2. The second kappa shape index (κ2) is 24.3. The summed E-state index contributed by atoms with van der Waals surface area (Å²) in [5, 5.41) is 20.2. The predicted molar refractivity (Wildman–Crippen MR) is 225 cm³/mol. The van der Waals surface area contributed by atoms with E-state index in [1.807, 2.05) is 11.2 Å². The van der Waals surface area contributed by atoms with Gasteiger partial charge in [0.05, 0.1) is 48.8 Å². The molecule has 5 unspecified atom stereocenters. The van der Waals surface area contributed by atoms with Gasteiger partial charge in [-0.3, -0.25) is 28.6 Å². The van der Waals surface area contributed by atoms with E-state index in [9.17, 15) is 71.4 Å². The molecule has 34 nitrogen and oxygen atoms in total. The van der Waals surface area contributed by atoms with Gasteiger partial charge in [0.15, 0.2) is 0 Å². The van der Waals surface area contributed by atoms with Gasteiger partial charge in [-0.15, -0.1) is 0 Å². The maximum absolute atomic E-state index is 12.4. The van der Waals surface area contributed by atoms with Crippen LogP contribution < -0.4 is 22.5 Å². The molecule has 2 fully saturated rings. The fourth-order valence-electron chi connectivity index (χ4n) is 5.21. The number of nitrogens with one attached hydrogen (secondary N) is 2. The van der Waals surface area contributed by atoms with Crippen LogP contribution in [0.5, 0.6) is 0 Å². The van der Waals surface area contributed by atoms with E-state index in [2.05, 4.69) is 31.3 Å². The average Bonchev–Trinajstić information content (AvgIpc) is 3.70. The van der Waals surface area contributed by atoms with Crippen LogP contribution in [0.2, 0.25) is 0 Å². The smallest absolute Gasteiger partial charge is 0.445 e. The van der Waals surface area contributed by atoms with Gasteiger partial charge in [-0.25, -0.2) is 50.3 Å². The highest BCUT2D eigenvalue weighted by Crippen LogP contribution is 2.67. The third kappa shape index (κ3) is 19.9. The van der Waals surface area contributed by atoms with Gasteiger partial charge < -0.3 is 63.6 Å². The molecule has 2 aliphatic rings. The van der Waals surface area contributed by atoms with Gasteiger partial charge in [-0.2, -0.15) is 17.2 Å². The second-order valence-corrected chi connectivity index (χ2v) is 25.1. The van der Waals surface area contributed by atoms with Crippen molar-refractivity contribution in [2.24, 2.45) is 0 Å². The molecule has 2 aromatic rings. The number of ether oxygens (including phenoxy) is 3. The number of carbonyl (C=O) groups excluding carboxylic acids is 1. The first kappa shape index (κ1) is 59.8. The molecule has 0 bridgehead atoms. The number of hydrogen-bond acceptors (Lipinski definition) is 25. The second-order valence-electron chi connectivity index (χ2n) is 12.9. The Balaban J connectivity index is 0.000000363. The van der Waals surface area contributed by atoms with Crippen LogP contribution >= 0.6 is 80.5 Å². The number of hydrogen-bond donors (Lipinski definition) is 12. The van der Waals surface area contributed by atoms with Crippen LogP contribution in [0, 0.1) is 0 Å². The summed E-state index contributed by atoms with van der Waals surface area (Å²) in [6, 6.07) is 0. The average molecular weight is 1150 g/mol. The Morgan fingerprint density at radius 3 is 1.52 bits per heavy atom. The van der Waals surface area contributed by atoms with Crippen LogP contribution in [-0.4, -0.2) is 136 Å². The van der Waals surface area contributed by atoms with Crippen molar-refractivity contribution in [3.63, 3.8) is 0 Å². The van der Waals surface area contributed by atoms with Crippen molar-refractivity contribution in [1.29, 1.82) is 0 Å². The summed E-state index contributed by atoms with van der Waals surface area (Å²) in [5.74, 6) is 0.424. The molecule has 0 aromatic carbocycles. The lowest BCUT2D eigenvalue weighted by molar-refractivity contribution is -0.0226. The van der Waals surface area contributed by atoms with E-state index >= 15 is 0 Å². The highest BCUT2D eigenvalue weighted by molar-refractivity contribution is 8.76. The zero-order valence-corrected chi connectivity index (χ0v) is 41.5. The minimum atomic E-state index is -5.74. The highest BCUT2D eigenvalue weighted by Gasteiger charge is 2.45. The van der Waals surface area contributed by atoms with Crippen molar-refractivity contribution in [2.75, 3.05) is 31.5 Å². The minimum absolute atomic E-state index is 0.0103. The van der Waals surface area contributed by atoms with Crippen LogP contribution in [0.4, 0.5) is 4.79 Å². The molecule has 12 N–H and O–H groups in total. The van der Waals surface area contributed by atoms with Crippen molar-refractivity contribution in [3.8, 4) is 0 Å². The lowest BCUT2D eigenvalue weighted by Crippen LogP contribution is -2.37. The van der Waals surface area contributed by atoms with E-state index in [4.69, 9.17) is 43.6 Å². The number of carbonyl (C=O) groups is 1. The summed E-state index contributed by atoms with van der Waals surface area (Å²) in [5.41, 5.74) is -3.78. The molecule has 2 aliphatic heterocycles. The van der Waals surface area contributed by atoms with Gasteiger partial charge in [-0.05, 0) is 25.1 Å². The SMILES string of the molecule is CSSCC(C)OC(=O)n1cc([C@H]2C[C@@H](O)[C@@H](COP(=O)(O)OP(=O)(O)OP(=O)(O)O)O2)c(=O)[nH]c1=O.CSn1cc([C@H]2C[C@@H](O)[C@@H](COP(=O)(O)OP(=O)(O)OP(=O)(O)O)O2)c(=O)[nH]c1=O. The van der Waals surface area contributed by atoms with Gasteiger partial charge in [0.1, 0.15) is 18.3 Å². The number of phosphoric acid groups is 6. The third-order valence-corrected chi connectivity index (χ3v) is 18.0. The lowest BCUT2D eigenvalue weighted by Gasteiger charge is -2.19. The molecule has 0 spiro atoms. The largest absolute Gasteiger partial charge is 0.490 e. The lowest BCUT2D eigenvalue weighted by atomic mass is 10.1. The van der Waals surface area contributed by atoms with Crippen LogP contribution in [-0.2, 0) is 67.9 Å². The predicted octanol–water partition coefficient (Wildman–Crippen LogP) is -0.348.